The Morgan fingerprint density at radius 3 is 3.00 bits per heavy atom. The van der Waals surface area contributed by atoms with Gasteiger partial charge in [0.1, 0.15) is 5.58 Å². The molecule has 0 spiro atoms. The van der Waals surface area contributed by atoms with Crippen molar-refractivity contribution in [1.29, 1.82) is 0 Å². The number of rotatable bonds is 5. The van der Waals surface area contributed by atoms with Gasteiger partial charge in [-0.05, 0) is 18.2 Å². The van der Waals surface area contributed by atoms with Crippen LogP contribution in [0.5, 0.6) is 0 Å². The zero-order valence-corrected chi connectivity index (χ0v) is 9.10. The molecule has 88 valence electrons. The Balaban J connectivity index is 2.08. The molecule has 0 radical (unpaired) electrons. The molecule has 0 unspecified atom stereocenters. The van der Waals surface area contributed by atoms with Gasteiger partial charge in [0.2, 0.25) is 6.41 Å². The highest BCUT2D eigenvalue weighted by molar-refractivity contribution is 6.05. The second-order valence-corrected chi connectivity index (χ2v) is 3.47. The van der Waals surface area contributed by atoms with E-state index in [4.69, 9.17) is 4.42 Å². The maximum Gasteiger partial charge on any atom is 0.252 e. The van der Waals surface area contributed by atoms with Crippen LogP contribution in [0.25, 0.3) is 11.0 Å². The fraction of sp³-hybridized carbons (Fsp3) is 0.167. The van der Waals surface area contributed by atoms with Crippen molar-refractivity contribution in [2.75, 3.05) is 13.1 Å². The quantitative estimate of drug-likeness (QED) is 0.594. The highest BCUT2D eigenvalue weighted by Crippen LogP contribution is 2.19. The summed E-state index contributed by atoms with van der Waals surface area (Å²) in [6, 6.07) is 7.07. The third kappa shape index (κ3) is 2.44. The summed E-state index contributed by atoms with van der Waals surface area (Å²) in [7, 11) is 0. The average molecular weight is 232 g/mol. The molecular formula is C12H12N2O3. The Labute approximate surface area is 97.8 Å². The molecule has 5 nitrogen and oxygen atoms in total. The van der Waals surface area contributed by atoms with Crippen LogP contribution >= 0.6 is 0 Å². The number of amides is 2. The first-order valence-corrected chi connectivity index (χ1v) is 5.24. The van der Waals surface area contributed by atoms with Crippen molar-refractivity contribution in [1.82, 2.24) is 10.6 Å². The Morgan fingerprint density at radius 1 is 1.29 bits per heavy atom. The summed E-state index contributed by atoms with van der Waals surface area (Å²) in [6.07, 6.45) is 2.15. The molecule has 1 heterocycles. The minimum Gasteiger partial charge on any atom is -0.464 e. The van der Waals surface area contributed by atoms with Crippen LogP contribution in [0.15, 0.2) is 34.9 Å². The molecule has 0 aliphatic heterocycles. The predicted octanol–water partition coefficient (Wildman–Crippen LogP) is 0.909. The van der Waals surface area contributed by atoms with Gasteiger partial charge in [0.05, 0.1) is 11.8 Å². The molecule has 2 amide bonds. The van der Waals surface area contributed by atoms with Crippen LogP contribution in [0.2, 0.25) is 0 Å². The van der Waals surface area contributed by atoms with E-state index in [9.17, 15) is 9.59 Å². The molecule has 0 fully saturated rings. The van der Waals surface area contributed by atoms with Gasteiger partial charge in [-0.15, -0.1) is 0 Å². The number of furan rings is 1. The van der Waals surface area contributed by atoms with E-state index < -0.39 is 0 Å². The first kappa shape index (κ1) is 11.2. The molecule has 0 saturated carbocycles. The van der Waals surface area contributed by atoms with Crippen molar-refractivity contribution < 1.29 is 14.0 Å². The summed E-state index contributed by atoms with van der Waals surface area (Å²) in [6.45, 7) is 0.808. The fourth-order valence-corrected chi connectivity index (χ4v) is 1.59. The number of nitrogens with one attached hydrogen (secondary N) is 2. The lowest BCUT2D eigenvalue weighted by Crippen LogP contribution is -2.31. The van der Waals surface area contributed by atoms with Crippen LogP contribution in [0.1, 0.15) is 10.4 Å². The first-order valence-electron chi connectivity index (χ1n) is 5.24. The van der Waals surface area contributed by atoms with Crippen molar-refractivity contribution in [3.63, 3.8) is 0 Å². The topological polar surface area (TPSA) is 71.3 Å². The monoisotopic (exact) mass is 232 g/mol. The molecule has 0 saturated heterocycles. The molecular weight excluding hydrogens is 220 g/mol. The fourth-order valence-electron chi connectivity index (χ4n) is 1.59. The van der Waals surface area contributed by atoms with Gasteiger partial charge in [-0.25, -0.2) is 0 Å². The smallest absolute Gasteiger partial charge is 0.252 e. The zero-order valence-electron chi connectivity index (χ0n) is 9.10. The van der Waals surface area contributed by atoms with Crippen LogP contribution in [-0.4, -0.2) is 25.4 Å². The maximum atomic E-state index is 11.9. The Morgan fingerprint density at radius 2 is 2.18 bits per heavy atom. The van der Waals surface area contributed by atoms with Crippen molar-refractivity contribution in [3.8, 4) is 0 Å². The molecule has 1 aromatic heterocycles. The molecule has 1 aromatic carbocycles. The lowest BCUT2D eigenvalue weighted by Gasteiger charge is -2.05. The van der Waals surface area contributed by atoms with Crippen LogP contribution in [0.3, 0.4) is 0 Å². The minimum atomic E-state index is -0.176. The van der Waals surface area contributed by atoms with Crippen molar-refractivity contribution >= 4 is 23.3 Å². The lowest BCUT2D eigenvalue weighted by molar-refractivity contribution is -0.109. The van der Waals surface area contributed by atoms with Crippen molar-refractivity contribution in [2.45, 2.75) is 0 Å². The summed E-state index contributed by atoms with van der Waals surface area (Å²) in [4.78, 5) is 21.9. The molecule has 0 aliphatic rings. The second-order valence-electron chi connectivity index (χ2n) is 3.47. The highest BCUT2D eigenvalue weighted by atomic mass is 16.3. The normalized spacial score (nSPS) is 10.1. The molecule has 0 atom stereocenters. The van der Waals surface area contributed by atoms with Gasteiger partial charge in [0.25, 0.3) is 5.91 Å². The van der Waals surface area contributed by atoms with Gasteiger partial charge in [-0.3, -0.25) is 9.59 Å². The number of hydrogen-bond donors (Lipinski definition) is 2. The second kappa shape index (κ2) is 5.16. The van der Waals surface area contributed by atoms with E-state index in [0.29, 0.717) is 30.6 Å². The summed E-state index contributed by atoms with van der Waals surface area (Å²) < 4.78 is 5.21. The van der Waals surface area contributed by atoms with Crippen LogP contribution in [0, 0.1) is 0 Å². The molecule has 0 aliphatic carbocycles. The SMILES string of the molecule is O=CNCCNC(=O)c1cccc2occc12. The van der Waals surface area contributed by atoms with Gasteiger partial charge >= 0.3 is 0 Å². The van der Waals surface area contributed by atoms with E-state index in [1.807, 2.05) is 0 Å². The summed E-state index contributed by atoms with van der Waals surface area (Å²) in [5.41, 5.74) is 1.26. The van der Waals surface area contributed by atoms with Gasteiger partial charge < -0.3 is 15.1 Å². The van der Waals surface area contributed by atoms with E-state index in [1.165, 1.54) is 0 Å². The Hall–Kier alpha value is -2.30. The Kier molecular flexibility index (Phi) is 3.40. The highest BCUT2D eigenvalue weighted by Gasteiger charge is 2.10. The molecule has 0 bridgehead atoms. The summed E-state index contributed by atoms with van der Waals surface area (Å²) in [5, 5.41) is 5.97. The summed E-state index contributed by atoms with van der Waals surface area (Å²) >= 11 is 0. The predicted molar refractivity (Wildman–Crippen MR) is 62.6 cm³/mol. The number of fused-ring (bicyclic) bond motifs is 1. The van der Waals surface area contributed by atoms with Crippen molar-refractivity contribution in [3.05, 3.63) is 36.1 Å². The summed E-state index contributed by atoms with van der Waals surface area (Å²) in [5.74, 6) is -0.176. The molecule has 5 heteroatoms. The maximum absolute atomic E-state index is 11.9. The lowest BCUT2D eigenvalue weighted by atomic mass is 10.1. The molecule has 17 heavy (non-hydrogen) atoms. The standard InChI is InChI=1S/C12H12N2O3/c15-8-13-5-6-14-12(16)10-2-1-3-11-9(10)4-7-17-11/h1-4,7-8H,5-6H2,(H,13,15)(H,14,16). The third-order valence-electron chi connectivity index (χ3n) is 2.38. The molecule has 2 aromatic rings. The van der Waals surface area contributed by atoms with E-state index in [0.717, 1.165) is 5.39 Å². The third-order valence-corrected chi connectivity index (χ3v) is 2.38. The average Bonchev–Trinajstić information content (AvgIpc) is 2.82. The number of hydrogen-bond acceptors (Lipinski definition) is 3. The zero-order chi connectivity index (χ0) is 12.1. The van der Waals surface area contributed by atoms with Gasteiger partial charge in [0.15, 0.2) is 0 Å². The minimum absolute atomic E-state index is 0.176. The van der Waals surface area contributed by atoms with E-state index in [-0.39, 0.29) is 5.91 Å². The van der Waals surface area contributed by atoms with Crippen LogP contribution in [0.4, 0.5) is 0 Å². The van der Waals surface area contributed by atoms with E-state index in [1.54, 1.807) is 30.5 Å². The number of benzene rings is 1. The molecule has 2 rings (SSSR count). The van der Waals surface area contributed by atoms with E-state index in [2.05, 4.69) is 10.6 Å². The Bertz CT molecular complexity index is 533. The van der Waals surface area contributed by atoms with E-state index >= 15 is 0 Å². The van der Waals surface area contributed by atoms with Gasteiger partial charge in [0, 0.05) is 18.5 Å². The molecule has 2 N–H and O–H groups in total. The number of carbonyl (C=O) groups is 2. The first-order chi connectivity index (χ1) is 8.33. The van der Waals surface area contributed by atoms with Crippen molar-refractivity contribution in [2.24, 2.45) is 0 Å². The van der Waals surface area contributed by atoms with Crippen LogP contribution in [-0.2, 0) is 4.79 Å². The van der Waals surface area contributed by atoms with Gasteiger partial charge in [-0.1, -0.05) is 6.07 Å². The number of carbonyl (C=O) groups excluding carboxylic acids is 2. The van der Waals surface area contributed by atoms with Crippen LogP contribution < -0.4 is 10.6 Å². The van der Waals surface area contributed by atoms with Gasteiger partial charge in [-0.2, -0.15) is 0 Å². The largest absolute Gasteiger partial charge is 0.464 e.